The minimum atomic E-state index is -1.28. The second-order valence-electron chi connectivity index (χ2n) is 11.0. The molecule has 1 saturated heterocycles. The fourth-order valence-corrected chi connectivity index (χ4v) is 4.82. The lowest BCUT2D eigenvalue weighted by Crippen LogP contribution is -2.47. The Labute approximate surface area is 271 Å². The highest BCUT2D eigenvalue weighted by Gasteiger charge is 2.51. The van der Waals surface area contributed by atoms with Crippen molar-refractivity contribution in [2.45, 2.75) is 50.3 Å². The summed E-state index contributed by atoms with van der Waals surface area (Å²) in [5.74, 6) is -2.85. The summed E-state index contributed by atoms with van der Waals surface area (Å²) in [6.07, 6.45) is -2.50. The van der Waals surface area contributed by atoms with Crippen molar-refractivity contribution in [3.05, 3.63) is 131 Å². The van der Waals surface area contributed by atoms with Gasteiger partial charge in [0.05, 0.1) is 0 Å². The van der Waals surface area contributed by atoms with Crippen LogP contribution in [0.2, 0.25) is 0 Å². The van der Waals surface area contributed by atoms with Gasteiger partial charge < -0.3 is 35.1 Å². The van der Waals surface area contributed by atoms with Crippen LogP contribution in [0.25, 0.3) is 0 Å². The lowest BCUT2D eigenvalue weighted by Gasteiger charge is -2.15. The predicted octanol–water partition coefficient (Wildman–Crippen LogP) is 3.54. The second kappa shape index (κ2) is 15.5. The van der Waals surface area contributed by atoms with Gasteiger partial charge in [-0.05, 0) is 46.5 Å². The zero-order chi connectivity index (χ0) is 33.2. The number of carbonyl (C=O) groups excluding carboxylic acids is 2. The first-order chi connectivity index (χ1) is 22.7. The van der Waals surface area contributed by atoms with Crippen molar-refractivity contribution in [3.8, 4) is 11.5 Å². The Kier molecular flexibility index (Phi) is 10.8. The molecule has 0 aliphatic carbocycles. The van der Waals surface area contributed by atoms with E-state index >= 15 is 0 Å². The van der Waals surface area contributed by atoms with Crippen LogP contribution in [0.4, 0.5) is 0 Å². The van der Waals surface area contributed by atoms with E-state index in [0.717, 1.165) is 11.1 Å². The zero-order valence-electron chi connectivity index (χ0n) is 25.3. The van der Waals surface area contributed by atoms with Crippen LogP contribution in [0.3, 0.4) is 0 Å². The SMILES string of the molecule is O=C(O)[C@H](Cc1ccc(OCc2ccccc2)cc1)NC(=O)[C@H]1O[C@@H]1C(=O)N[C@@H](Cc1ccc(OCc2ccccc2)cc1)C(=O)O. The number of carbonyl (C=O) groups is 4. The number of carboxylic acid groups (broad SMARTS) is 2. The van der Waals surface area contributed by atoms with Crippen LogP contribution in [0, 0.1) is 0 Å². The number of hydrogen-bond acceptors (Lipinski definition) is 7. The molecule has 0 unspecified atom stereocenters. The van der Waals surface area contributed by atoms with E-state index in [1.165, 1.54) is 0 Å². The number of amides is 2. The van der Waals surface area contributed by atoms with E-state index in [1.54, 1.807) is 48.5 Å². The molecule has 0 saturated carbocycles. The smallest absolute Gasteiger partial charge is 0.326 e. The van der Waals surface area contributed by atoms with Gasteiger partial charge in [-0.15, -0.1) is 0 Å². The highest BCUT2D eigenvalue weighted by Crippen LogP contribution is 2.24. The molecule has 0 bridgehead atoms. The molecule has 242 valence electrons. The van der Waals surface area contributed by atoms with Crippen LogP contribution in [0.1, 0.15) is 22.3 Å². The number of carboxylic acids is 2. The largest absolute Gasteiger partial charge is 0.489 e. The summed E-state index contributed by atoms with van der Waals surface area (Å²) in [5.41, 5.74) is 3.31. The van der Waals surface area contributed by atoms with Crippen LogP contribution in [-0.4, -0.2) is 58.3 Å². The molecule has 4 atom stereocenters. The van der Waals surface area contributed by atoms with Crippen LogP contribution in [-0.2, 0) is 50.0 Å². The molecular formula is C36H34N2O9. The molecule has 0 spiro atoms. The van der Waals surface area contributed by atoms with Crippen molar-refractivity contribution in [1.82, 2.24) is 10.6 Å². The summed E-state index contributed by atoms with van der Waals surface area (Å²) in [7, 11) is 0. The maximum Gasteiger partial charge on any atom is 0.326 e. The lowest BCUT2D eigenvalue weighted by atomic mass is 10.0. The van der Waals surface area contributed by atoms with Gasteiger partial charge >= 0.3 is 11.9 Å². The Morgan fingerprint density at radius 1 is 0.553 bits per heavy atom. The topological polar surface area (TPSA) is 164 Å². The molecule has 0 radical (unpaired) electrons. The van der Waals surface area contributed by atoms with Gasteiger partial charge in [0.1, 0.15) is 36.8 Å². The first kappa shape index (κ1) is 32.7. The van der Waals surface area contributed by atoms with Gasteiger partial charge in [-0.3, -0.25) is 9.59 Å². The van der Waals surface area contributed by atoms with Crippen molar-refractivity contribution in [2.24, 2.45) is 0 Å². The van der Waals surface area contributed by atoms with Gasteiger partial charge in [0.2, 0.25) is 0 Å². The van der Waals surface area contributed by atoms with E-state index in [9.17, 15) is 29.4 Å². The molecule has 1 heterocycles. The summed E-state index contributed by atoms with van der Waals surface area (Å²) < 4.78 is 16.7. The first-order valence-electron chi connectivity index (χ1n) is 15.0. The molecule has 1 aliphatic heterocycles. The maximum atomic E-state index is 12.8. The monoisotopic (exact) mass is 638 g/mol. The molecular weight excluding hydrogens is 604 g/mol. The molecule has 4 aromatic rings. The molecule has 2 amide bonds. The van der Waals surface area contributed by atoms with E-state index in [2.05, 4.69) is 10.6 Å². The van der Waals surface area contributed by atoms with E-state index in [0.29, 0.717) is 35.8 Å². The number of aliphatic carboxylic acids is 2. The van der Waals surface area contributed by atoms with Crippen LogP contribution < -0.4 is 20.1 Å². The molecule has 1 fully saturated rings. The molecule has 5 rings (SSSR count). The molecule has 0 aromatic heterocycles. The van der Waals surface area contributed by atoms with Gasteiger partial charge in [-0.25, -0.2) is 9.59 Å². The molecule has 4 aromatic carbocycles. The average molecular weight is 639 g/mol. The third kappa shape index (κ3) is 9.65. The Balaban J connectivity index is 1.08. The lowest BCUT2D eigenvalue weighted by molar-refractivity contribution is -0.142. The number of rotatable bonds is 16. The molecule has 47 heavy (non-hydrogen) atoms. The minimum Gasteiger partial charge on any atom is -0.489 e. The summed E-state index contributed by atoms with van der Waals surface area (Å²) in [6.45, 7) is 0.769. The van der Waals surface area contributed by atoms with E-state index in [1.807, 2.05) is 60.7 Å². The summed E-state index contributed by atoms with van der Waals surface area (Å²) in [6, 6.07) is 30.5. The van der Waals surface area contributed by atoms with Gasteiger partial charge in [0, 0.05) is 12.8 Å². The highest BCUT2D eigenvalue weighted by atomic mass is 16.6. The van der Waals surface area contributed by atoms with Gasteiger partial charge in [0.25, 0.3) is 11.8 Å². The number of benzene rings is 4. The maximum absolute atomic E-state index is 12.8. The average Bonchev–Trinajstić information content (AvgIpc) is 3.89. The number of hydrogen-bond donors (Lipinski definition) is 4. The van der Waals surface area contributed by atoms with Crippen molar-refractivity contribution >= 4 is 23.8 Å². The molecule has 1 aliphatic rings. The quantitative estimate of drug-likeness (QED) is 0.134. The fourth-order valence-electron chi connectivity index (χ4n) is 4.82. The van der Waals surface area contributed by atoms with Crippen molar-refractivity contribution in [2.75, 3.05) is 0 Å². The van der Waals surface area contributed by atoms with Gasteiger partial charge in [-0.1, -0.05) is 84.9 Å². The predicted molar refractivity (Wildman–Crippen MR) is 170 cm³/mol. The minimum absolute atomic E-state index is 0.0131. The zero-order valence-corrected chi connectivity index (χ0v) is 25.3. The van der Waals surface area contributed by atoms with Crippen molar-refractivity contribution < 1.29 is 43.6 Å². The Bertz CT molecular complexity index is 1540. The van der Waals surface area contributed by atoms with Crippen molar-refractivity contribution in [3.63, 3.8) is 0 Å². The summed E-state index contributed by atoms with van der Waals surface area (Å²) in [5, 5.41) is 24.2. The molecule has 4 N–H and O–H groups in total. The molecule has 11 nitrogen and oxygen atoms in total. The van der Waals surface area contributed by atoms with Crippen molar-refractivity contribution in [1.29, 1.82) is 0 Å². The third-order valence-electron chi connectivity index (χ3n) is 7.46. The number of ether oxygens (including phenoxy) is 3. The standard InChI is InChI=1S/C36H34N2O9/c39-33(37-29(35(41)42)19-23-11-15-27(16-12-23)45-21-25-7-3-1-4-8-25)31-32(47-31)34(40)38-30(36(43)44)20-24-13-17-28(18-14-24)46-22-26-9-5-2-6-10-26/h1-18,29-32H,19-22H2,(H,37,39)(H,38,40)(H,41,42)(H,43,44)/t29-,30-,31-,32-/m0/s1. The number of nitrogens with one attached hydrogen (secondary N) is 2. The Hall–Kier alpha value is -5.68. The molecule has 11 heteroatoms. The summed E-state index contributed by atoms with van der Waals surface area (Å²) in [4.78, 5) is 49.3. The van der Waals surface area contributed by atoms with E-state index in [4.69, 9.17) is 14.2 Å². The van der Waals surface area contributed by atoms with Gasteiger partial charge in [-0.2, -0.15) is 0 Å². The second-order valence-corrected chi connectivity index (χ2v) is 11.0. The van der Waals surface area contributed by atoms with Crippen LogP contribution in [0.5, 0.6) is 11.5 Å². The fraction of sp³-hybridized carbons (Fsp3) is 0.222. The van der Waals surface area contributed by atoms with Gasteiger partial charge in [0.15, 0.2) is 12.2 Å². The van der Waals surface area contributed by atoms with Crippen LogP contribution >= 0.6 is 0 Å². The first-order valence-corrected chi connectivity index (χ1v) is 15.0. The summed E-state index contributed by atoms with van der Waals surface area (Å²) >= 11 is 0. The van der Waals surface area contributed by atoms with E-state index in [-0.39, 0.29) is 12.8 Å². The highest BCUT2D eigenvalue weighted by molar-refractivity contribution is 5.97. The Morgan fingerprint density at radius 3 is 1.26 bits per heavy atom. The number of epoxide rings is 1. The Morgan fingerprint density at radius 2 is 0.915 bits per heavy atom. The normalized spacial score (nSPS) is 16.3. The van der Waals surface area contributed by atoms with Crippen LogP contribution in [0.15, 0.2) is 109 Å². The third-order valence-corrected chi connectivity index (χ3v) is 7.46. The van der Waals surface area contributed by atoms with E-state index < -0.39 is 48.0 Å².